The zero-order valence-corrected chi connectivity index (χ0v) is 25.7. The van der Waals surface area contributed by atoms with Crippen molar-refractivity contribution in [3.8, 4) is 0 Å². The lowest BCUT2D eigenvalue weighted by Crippen LogP contribution is -2.13. The molecule has 0 aliphatic heterocycles. The molecule has 0 aliphatic rings. The molecule has 0 saturated heterocycles. The highest BCUT2D eigenvalue weighted by atomic mass is 35.5. The van der Waals surface area contributed by atoms with Crippen LogP contribution in [0.4, 0.5) is 11.6 Å². The molecule has 0 spiro atoms. The minimum absolute atomic E-state index is 0.00707. The highest BCUT2D eigenvalue weighted by molar-refractivity contribution is 6.31. The lowest BCUT2D eigenvalue weighted by molar-refractivity contribution is 0.643. The molecule has 0 radical (unpaired) electrons. The third kappa shape index (κ3) is 5.08. The van der Waals surface area contributed by atoms with E-state index < -0.39 is 0 Å². The number of nitrogens with zero attached hydrogens (tertiary/aromatic N) is 7. The Labute approximate surface area is 262 Å². The molecule has 3 aromatic carbocycles. The summed E-state index contributed by atoms with van der Waals surface area (Å²) in [6, 6.07) is 11.6. The molecule has 7 aromatic rings. The van der Waals surface area contributed by atoms with Gasteiger partial charge in [0.05, 0.1) is 22.1 Å². The fourth-order valence-electron chi connectivity index (χ4n) is 4.97. The van der Waals surface area contributed by atoms with Gasteiger partial charge in [-0.2, -0.15) is 19.9 Å². The van der Waals surface area contributed by atoms with Crippen LogP contribution in [0.2, 0.25) is 21.1 Å². The van der Waals surface area contributed by atoms with Gasteiger partial charge in [-0.05, 0) is 90.1 Å². The molecular formula is C28H19Cl4N9O2. The fraction of sp³-hybridized carbons (Fsp3) is 0.143. The Morgan fingerprint density at radius 3 is 1.77 bits per heavy atom. The zero-order valence-electron chi connectivity index (χ0n) is 22.6. The van der Waals surface area contributed by atoms with Gasteiger partial charge in [0.1, 0.15) is 5.82 Å². The molecule has 43 heavy (non-hydrogen) atoms. The van der Waals surface area contributed by atoms with Gasteiger partial charge in [0, 0.05) is 36.3 Å². The first-order valence-corrected chi connectivity index (χ1v) is 14.3. The number of aryl methyl sites for hydroxylation is 2. The van der Waals surface area contributed by atoms with Crippen LogP contribution < -0.4 is 4.90 Å². The molecule has 0 saturated carbocycles. The predicted molar refractivity (Wildman–Crippen MR) is 167 cm³/mol. The predicted octanol–water partition coefficient (Wildman–Crippen LogP) is 8.23. The Bertz CT molecular complexity index is 2250. The maximum Gasteiger partial charge on any atom is 0.235 e. The van der Waals surface area contributed by atoms with Crippen LogP contribution in [0.5, 0.6) is 0 Å². The first-order chi connectivity index (χ1) is 20.6. The monoisotopic (exact) mass is 653 g/mol. The topological polar surface area (TPSA) is 138 Å². The lowest BCUT2D eigenvalue weighted by atomic mass is 10.1. The van der Waals surface area contributed by atoms with E-state index >= 15 is 0 Å². The van der Waals surface area contributed by atoms with Crippen LogP contribution in [0.25, 0.3) is 44.4 Å². The smallest absolute Gasteiger partial charge is 0.235 e. The van der Waals surface area contributed by atoms with Crippen molar-refractivity contribution >= 4 is 102 Å². The Kier molecular flexibility index (Phi) is 6.77. The molecule has 0 aliphatic carbocycles. The lowest BCUT2D eigenvalue weighted by Gasteiger charge is -2.18. The number of nitrogens with one attached hydrogen (secondary N) is 2. The summed E-state index contributed by atoms with van der Waals surface area (Å²) in [5.41, 5.74) is 9.39. The summed E-state index contributed by atoms with van der Waals surface area (Å²) in [4.78, 5) is 33.1. The number of benzene rings is 3. The number of H-pyrrole nitrogens is 2. The molecule has 4 heterocycles. The van der Waals surface area contributed by atoms with Crippen molar-refractivity contribution < 1.29 is 8.83 Å². The molecule has 0 fully saturated rings. The molecule has 0 bridgehead atoms. The van der Waals surface area contributed by atoms with Crippen LogP contribution >= 0.6 is 46.4 Å². The average Bonchev–Trinajstić information content (AvgIpc) is 2.96. The van der Waals surface area contributed by atoms with E-state index in [-0.39, 0.29) is 21.1 Å². The molecule has 15 heteroatoms. The van der Waals surface area contributed by atoms with Crippen molar-refractivity contribution in [2.45, 2.75) is 20.3 Å². The summed E-state index contributed by atoms with van der Waals surface area (Å²) in [7, 11) is 1.80. The van der Waals surface area contributed by atoms with E-state index in [4.69, 9.17) is 55.2 Å². The van der Waals surface area contributed by atoms with Crippen molar-refractivity contribution in [3.05, 3.63) is 80.0 Å². The number of fused-ring (bicyclic) bond motifs is 4. The third-order valence-electron chi connectivity index (χ3n) is 7.09. The fourth-order valence-corrected chi connectivity index (χ4v) is 5.72. The van der Waals surface area contributed by atoms with Gasteiger partial charge in [-0.1, -0.05) is 6.07 Å². The maximum atomic E-state index is 6.49. The number of halogens is 4. The molecule has 7 rings (SSSR count). The van der Waals surface area contributed by atoms with Gasteiger partial charge in [-0.25, -0.2) is 9.97 Å². The van der Waals surface area contributed by atoms with E-state index in [2.05, 4.69) is 39.9 Å². The normalized spacial score (nSPS) is 11.7. The third-order valence-corrected chi connectivity index (χ3v) is 7.76. The summed E-state index contributed by atoms with van der Waals surface area (Å²) >= 11 is 23.9. The Hall–Kier alpha value is -4.16. The van der Waals surface area contributed by atoms with E-state index in [1.54, 1.807) is 11.9 Å². The molecule has 0 unspecified atom stereocenters. The largest absolute Gasteiger partial charge is 0.453 e. The van der Waals surface area contributed by atoms with Gasteiger partial charge in [0.25, 0.3) is 0 Å². The molecule has 0 atom stereocenters. The van der Waals surface area contributed by atoms with Crippen molar-refractivity contribution in [3.63, 3.8) is 0 Å². The first kappa shape index (κ1) is 27.7. The summed E-state index contributed by atoms with van der Waals surface area (Å²) in [5, 5.41) is 0.112. The number of rotatable bonds is 4. The summed E-state index contributed by atoms with van der Waals surface area (Å²) in [6.45, 7) is 3.97. The summed E-state index contributed by atoms with van der Waals surface area (Å²) < 4.78 is 13.0. The van der Waals surface area contributed by atoms with Gasteiger partial charge >= 0.3 is 0 Å². The van der Waals surface area contributed by atoms with Crippen LogP contribution in [0.15, 0.2) is 45.2 Å². The molecule has 2 N–H and O–H groups in total. The Morgan fingerprint density at radius 1 is 0.674 bits per heavy atom. The SMILES string of the molecule is Cc1c2[nH]c3ccc(N(C)c4nc(Cl)nc(Cl)n4)cc3oc2c(C)c2[nH]c3ccc(Cc4nc(Cl)nc(Cl)n4)cc3oc12. The molecular weight excluding hydrogens is 636 g/mol. The van der Waals surface area contributed by atoms with Crippen LogP contribution in [0.1, 0.15) is 22.5 Å². The number of aromatic amines is 2. The van der Waals surface area contributed by atoms with Crippen molar-refractivity contribution in [1.82, 2.24) is 39.9 Å². The van der Waals surface area contributed by atoms with E-state index in [1.807, 2.05) is 50.2 Å². The molecule has 0 amide bonds. The Balaban J connectivity index is 1.33. The number of hydrogen-bond acceptors (Lipinski definition) is 9. The van der Waals surface area contributed by atoms with E-state index in [0.29, 0.717) is 40.5 Å². The highest BCUT2D eigenvalue weighted by Crippen LogP contribution is 2.35. The zero-order chi connectivity index (χ0) is 30.0. The van der Waals surface area contributed by atoms with Gasteiger partial charge in [0.15, 0.2) is 22.3 Å². The quantitative estimate of drug-likeness (QED) is 0.180. The van der Waals surface area contributed by atoms with Crippen LogP contribution in [-0.4, -0.2) is 46.9 Å². The van der Waals surface area contributed by atoms with Crippen LogP contribution in [0, 0.1) is 13.8 Å². The minimum Gasteiger partial charge on any atom is -0.453 e. The van der Waals surface area contributed by atoms with Gasteiger partial charge in [-0.3, -0.25) is 0 Å². The van der Waals surface area contributed by atoms with Crippen molar-refractivity contribution in [2.75, 3.05) is 11.9 Å². The maximum absolute atomic E-state index is 6.49. The molecule has 4 aromatic heterocycles. The number of hydrogen-bond donors (Lipinski definition) is 2. The van der Waals surface area contributed by atoms with E-state index in [0.717, 1.165) is 44.4 Å². The number of aromatic nitrogens is 8. The second kappa shape index (κ2) is 10.5. The van der Waals surface area contributed by atoms with E-state index in [1.165, 1.54) is 0 Å². The highest BCUT2D eigenvalue weighted by Gasteiger charge is 2.18. The van der Waals surface area contributed by atoms with Gasteiger partial charge in [0.2, 0.25) is 27.1 Å². The standard InChI is InChI=1S/C28H19Cl4N9O2/c1-11-21-23(43-18-10-14(5-7-16(18)34-21)41(3)28-39-26(31)38-27(32)40-28)12(2)20-22(11)42-17-8-13(4-6-15(17)33-20)9-19-35-24(29)37-25(30)36-19/h4-8,10,33-34H,9H2,1-3H3. The molecule has 216 valence electrons. The summed E-state index contributed by atoms with van der Waals surface area (Å²) in [6.07, 6.45) is 0.407. The average molecular weight is 655 g/mol. The minimum atomic E-state index is 0.00707. The molecule has 11 nitrogen and oxygen atoms in total. The van der Waals surface area contributed by atoms with Crippen molar-refractivity contribution in [2.24, 2.45) is 0 Å². The second-order valence-electron chi connectivity index (χ2n) is 9.82. The summed E-state index contributed by atoms with van der Waals surface area (Å²) in [5.74, 6) is 0.768. The van der Waals surface area contributed by atoms with E-state index in [9.17, 15) is 0 Å². The van der Waals surface area contributed by atoms with Gasteiger partial charge < -0.3 is 23.7 Å². The first-order valence-electron chi connectivity index (χ1n) is 12.8. The van der Waals surface area contributed by atoms with Crippen LogP contribution in [-0.2, 0) is 6.42 Å². The van der Waals surface area contributed by atoms with Gasteiger partial charge in [-0.15, -0.1) is 0 Å². The van der Waals surface area contributed by atoms with Crippen molar-refractivity contribution in [1.29, 1.82) is 0 Å². The Morgan fingerprint density at radius 2 is 1.19 bits per heavy atom. The number of anilines is 2. The second-order valence-corrected chi connectivity index (χ2v) is 11.2. The van der Waals surface area contributed by atoms with Crippen LogP contribution in [0.3, 0.4) is 0 Å².